The van der Waals surface area contributed by atoms with E-state index in [1.807, 2.05) is 13.8 Å². The fraction of sp³-hybridized carbons (Fsp3) is 0.353. The number of ketones is 1. The molecule has 124 valence electrons. The number of rotatable bonds is 4. The molecular weight excluding hydrogens is 308 g/mol. The van der Waals surface area contributed by atoms with Gasteiger partial charge in [-0.05, 0) is 26.3 Å². The number of Topliss-reactive ketones (excluding diaryl/α,β-unsaturated/α-hetero) is 1. The fourth-order valence-electron chi connectivity index (χ4n) is 3.11. The van der Waals surface area contributed by atoms with Crippen molar-refractivity contribution in [2.75, 3.05) is 0 Å². The number of nitrogens with zero attached hydrogens (tertiary/aromatic N) is 4. The summed E-state index contributed by atoms with van der Waals surface area (Å²) in [6, 6.07) is -0.170. The van der Waals surface area contributed by atoms with Gasteiger partial charge in [0.2, 0.25) is 0 Å². The van der Waals surface area contributed by atoms with Crippen molar-refractivity contribution in [1.29, 1.82) is 0 Å². The van der Waals surface area contributed by atoms with Crippen LogP contribution < -0.4 is 0 Å². The molecule has 3 heterocycles. The van der Waals surface area contributed by atoms with Crippen LogP contribution in [-0.4, -0.2) is 37.1 Å². The number of aryl methyl sites for hydroxylation is 1. The van der Waals surface area contributed by atoms with Crippen molar-refractivity contribution in [1.82, 2.24) is 14.5 Å². The third-order valence-electron chi connectivity index (χ3n) is 4.14. The van der Waals surface area contributed by atoms with Crippen LogP contribution in [0.25, 0.3) is 0 Å². The van der Waals surface area contributed by atoms with Crippen LogP contribution in [0.1, 0.15) is 52.9 Å². The molecule has 0 aliphatic carbocycles. The number of carboxylic acids is 1. The molecule has 1 atom stereocenters. The molecule has 0 fully saturated rings. The maximum absolute atomic E-state index is 12.0. The minimum atomic E-state index is -0.954. The number of aliphatic imine (C=N–C) groups is 1. The molecule has 7 heteroatoms. The third kappa shape index (κ3) is 2.84. The van der Waals surface area contributed by atoms with E-state index in [1.54, 1.807) is 23.2 Å². The van der Waals surface area contributed by atoms with Gasteiger partial charge < -0.3 is 9.67 Å². The smallest absolute Gasteiger partial charge is 0.323 e. The Labute approximate surface area is 139 Å². The second kappa shape index (κ2) is 5.99. The average Bonchev–Trinajstić information content (AvgIpc) is 2.86. The van der Waals surface area contributed by atoms with Crippen molar-refractivity contribution in [3.63, 3.8) is 0 Å². The van der Waals surface area contributed by atoms with Crippen molar-refractivity contribution in [2.45, 2.75) is 39.8 Å². The van der Waals surface area contributed by atoms with E-state index >= 15 is 0 Å². The average molecular weight is 326 g/mol. The molecule has 2 aromatic rings. The SMILES string of the molecule is CC(=O)c1cn(CC(=O)O)c2c1CC(c1cnc(C)nc1)N=C2C. The van der Waals surface area contributed by atoms with Crippen LogP contribution in [-0.2, 0) is 17.8 Å². The van der Waals surface area contributed by atoms with Crippen molar-refractivity contribution in [2.24, 2.45) is 4.99 Å². The molecule has 0 bridgehead atoms. The third-order valence-corrected chi connectivity index (χ3v) is 4.14. The quantitative estimate of drug-likeness (QED) is 0.866. The molecular formula is C17H18N4O3. The van der Waals surface area contributed by atoms with Crippen molar-refractivity contribution in [3.8, 4) is 0 Å². The topological polar surface area (TPSA) is 97.4 Å². The number of hydrogen-bond donors (Lipinski definition) is 1. The Bertz CT molecular complexity index is 849. The lowest BCUT2D eigenvalue weighted by atomic mass is 9.93. The van der Waals surface area contributed by atoms with E-state index in [0.29, 0.717) is 17.8 Å². The number of aliphatic carboxylic acids is 1. The molecule has 24 heavy (non-hydrogen) atoms. The number of hydrogen-bond acceptors (Lipinski definition) is 5. The van der Waals surface area contributed by atoms with Crippen LogP contribution in [0.2, 0.25) is 0 Å². The lowest BCUT2D eigenvalue weighted by Gasteiger charge is -2.21. The number of carboxylic acid groups (broad SMARTS) is 1. The predicted octanol–water partition coefficient (Wildman–Crippen LogP) is 1.98. The van der Waals surface area contributed by atoms with Crippen LogP contribution in [0.5, 0.6) is 0 Å². The summed E-state index contributed by atoms with van der Waals surface area (Å²) in [4.78, 5) is 36.2. The van der Waals surface area contributed by atoms with Gasteiger partial charge in [0.1, 0.15) is 12.4 Å². The second-order valence-corrected chi connectivity index (χ2v) is 5.95. The van der Waals surface area contributed by atoms with E-state index in [9.17, 15) is 9.59 Å². The first-order valence-electron chi connectivity index (χ1n) is 7.65. The van der Waals surface area contributed by atoms with E-state index in [0.717, 1.165) is 22.5 Å². The van der Waals surface area contributed by atoms with E-state index in [2.05, 4.69) is 15.0 Å². The Morgan fingerprint density at radius 2 is 1.96 bits per heavy atom. The van der Waals surface area contributed by atoms with Crippen LogP contribution >= 0.6 is 0 Å². The lowest BCUT2D eigenvalue weighted by molar-refractivity contribution is -0.137. The molecule has 0 saturated carbocycles. The Morgan fingerprint density at radius 1 is 1.29 bits per heavy atom. The van der Waals surface area contributed by atoms with Gasteiger partial charge in [0.25, 0.3) is 0 Å². The summed E-state index contributed by atoms with van der Waals surface area (Å²) < 4.78 is 1.59. The molecule has 7 nitrogen and oxygen atoms in total. The van der Waals surface area contributed by atoms with Gasteiger partial charge >= 0.3 is 5.97 Å². The van der Waals surface area contributed by atoms with Crippen LogP contribution in [0, 0.1) is 6.92 Å². The molecule has 1 aliphatic rings. The zero-order chi connectivity index (χ0) is 17.4. The van der Waals surface area contributed by atoms with E-state index in [1.165, 1.54) is 6.92 Å². The van der Waals surface area contributed by atoms with Crippen molar-refractivity contribution >= 4 is 17.5 Å². The summed E-state index contributed by atoms with van der Waals surface area (Å²) in [5.74, 6) is -0.346. The molecule has 1 unspecified atom stereocenters. The maximum atomic E-state index is 12.0. The summed E-state index contributed by atoms with van der Waals surface area (Å²) in [7, 11) is 0. The summed E-state index contributed by atoms with van der Waals surface area (Å²) in [6.45, 7) is 4.95. The van der Waals surface area contributed by atoms with Crippen molar-refractivity contribution in [3.05, 3.63) is 46.8 Å². The molecule has 0 amide bonds. The molecule has 1 N–H and O–H groups in total. The van der Waals surface area contributed by atoms with Crippen molar-refractivity contribution < 1.29 is 14.7 Å². The van der Waals surface area contributed by atoms with Crippen LogP contribution in [0.3, 0.4) is 0 Å². The normalized spacial score (nSPS) is 16.5. The molecule has 0 radical (unpaired) electrons. The minimum Gasteiger partial charge on any atom is -0.480 e. The van der Waals surface area contributed by atoms with Crippen LogP contribution in [0.15, 0.2) is 23.6 Å². The Kier molecular flexibility index (Phi) is 4.01. The Hall–Kier alpha value is -2.83. The standard InChI is InChI=1S/C17H18N4O3/c1-9-17-13(14(10(2)22)7-21(17)8-16(23)24)4-15(20-9)12-5-18-11(3)19-6-12/h5-7,15H,4,8H2,1-3H3,(H,23,24). The van der Waals surface area contributed by atoms with Crippen LogP contribution in [0.4, 0.5) is 0 Å². The highest BCUT2D eigenvalue weighted by Gasteiger charge is 2.28. The maximum Gasteiger partial charge on any atom is 0.323 e. The number of carbonyl (C=O) groups is 2. The summed E-state index contributed by atoms with van der Waals surface area (Å²) in [5, 5.41) is 9.10. The van der Waals surface area contributed by atoms with Gasteiger partial charge in [0, 0.05) is 36.1 Å². The summed E-state index contributed by atoms with van der Waals surface area (Å²) in [5.41, 5.74) is 3.73. The van der Waals surface area contributed by atoms with Gasteiger partial charge in [0.15, 0.2) is 5.78 Å². The Morgan fingerprint density at radius 3 is 2.54 bits per heavy atom. The van der Waals surface area contributed by atoms with E-state index in [4.69, 9.17) is 5.11 Å². The monoisotopic (exact) mass is 326 g/mol. The lowest BCUT2D eigenvalue weighted by Crippen LogP contribution is -2.20. The first-order chi connectivity index (χ1) is 11.4. The first-order valence-corrected chi connectivity index (χ1v) is 7.65. The molecule has 0 aromatic carbocycles. The van der Waals surface area contributed by atoms with Gasteiger partial charge in [0.05, 0.1) is 17.4 Å². The zero-order valence-corrected chi connectivity index (χ0v) is 13.8. The van der Waals surface area contributed by atoms with Gasteiger partial charge in [-0.25, -0.2) is 9.97 Å². The molecule has 0 spiro atoms. The highest BCUT2D eigenvalue weighted by molar-refractivity contribution is 6.05. The molecule has 2 aromatic heterocycles. The fourth-order valence-corrected chi connectivity index (χ4v) is 3.11. The largest absolute Gasteiger partial charge is 0.480 e. The predicted molar refractivity (Wildman–Crippen MR) is 87.5 cm³/mol. The Balaban J connectivity index is 2.07. The molecule has 0 saturated heterocycles. The van der Waals surface area contributed by atoms with Gasteiger partial charge in [-0.15, -0.1) is 0 Å². The molecule has 3 rings (SSSR count). The van der Waals surface area contributed by atoms with Gasteiger partial charge in [-0.3, -0.25) is 14.6 Å². The van der Waals surface area contributed by atoms with E-state index < -0.39 is 5.97 Å². The zero-order valence-electron chi connectivity index (χ0n) is 13.8. The number of aromatic nitrogens is 3. The van der Waals surface area contributed by atoms with Gasteiger partial charge in [-0.2, -0.15) is 0 Å². The summed E-state index contributed by atoms with van der Waals surface area (Å²) >= 11 is 0. The number of fused-ring (bicyclic) bond motifs is 1. The first kappa shape index (κ1) is 16.0. The minimum absolute atomic E-state index is 0.0796. The molecule has 1 aliphatic heterocycles. The van der Waals surface area contributed by atoms with Gasteiger partial charge in [-0.1, -0.05) is 0 Å². The number of carbonyl (C=O) groups excluding carboxylic acids is 1. The van der Waals surface area contributed by atoms with E-state index in [-0.39, 0.29) is 18.4 Å². The summed E-state index contributed by atoms with van der Waals surface area (Å²) in [6.07, 6.45) is 5.64. The highest BCUT2D eigenvalue weighted by atomic mass is 16.4. The highest BCUT2D eigenvalue weighted by Crippen LogP contribution is 2.32. The second-order valence-electron chi connectivity index (χ2n) is 5.95.